The van der Waals surface area contributed by atoms with Gasteiger partial charge in [-0.2, -0.15) is 0 Å². The normalized spacial score (nSPS) is 19.7. The Morgan fingerprint density at radius 2 is 2.27 bits per heavy atom. The van der Waals surface area contributed by atoms with Crippen molar-refractivity contribution < 1.29 is 4.79 Å². The van der Waals surface area contributed by atoms with Gasteiger partial charge in [0.15, 0.2) is 0 Å². The Bertz CT molecular complexity index is 152. The predicted octanol–water partition coefficient (Wildman–Crippen LogP) is 0.251. The fourth-order valence-corrected chi connectivity index (χ4v) is 1.17. The Labute approximate surface area is 67.3 Å². The average molecular weight is 156 g/mol. The van der Waals surface area contributed by atoms with Crippen molar-refractivity contribution in [2.75, 3.05) is 13.1 Å². The van der Waals surface area contributed by atoms with Crippen LogP contribution in [0.2, 0.25) is 0 Å². The number of primary amides is 1. The summed E-state index contributed by atoms with van der Waals surface area (Å²) in [5.74, 6) is -0.138. The van der Waals surface area contributed by atoms with Crippen LogP contribution in [0.4, 0.5) is 0 Å². The van der Waals surface area contributed by atoms with Gasteiger partial charge in [0.05, 0.1) is 5.41 Å². The zero-order valence-electron chi connectivity index (χ0n) is 7.02. The van der Waals surface area contributed by atoms with Crippen LogP contribution in [0.15, 0.2) is 0 Å². The van der Waals surface area contributed by atoms with E-state index in [4.69, 9.17) is 5.73 Å². The van der Waals surface area contributed by atoms with E-state index in [1.165, 1.54) is 0 Å². The number of nitrogens with one attached hydrogen (secondary N) is 1. The number of rotatable bonds is 5. The molecular formula is C8H16N2O. The number of amides is 1. The molecule has 1 saturated carbocycles. The van der Waals surface area contributed by atoms with Crippen molar-refractivity contribution in [3.8, 4) is 0 Å². The molecule has 0 heterocycles. The zero-order valence-corrected chi connectivity index (χ0v) is 7.02. The molecule has 0 aliphatic heterocycles. The number of carbonyl (C=O) groups is 1. The molecule has 11 heavy (non-hydrogen) atoms. The molecule has 0 spiro atoms. The molecule has 3 N–H and O–H groups in total. The summed E-state index contributed by atoms with van der Waals surface area (Å²) in [6, 6.07) is 0. The largest absolute Gasteiger partial charge is 0.369 e. The minimum Gasteiger partial charge on any atom is -0.369 e. The monoisotopic (exact) mass is 156 g/mol. The van der Waals surface area contributed by atoms with Crippen LogP contribution in [0.3, 0.4) is 0 Å². The first kappa shape index (κ1) is 8.53. The van der Waals surface area contributed by atoms with Crippen LogP contribution in [0.25, 0.3) is 0 Å². The van der Waals surface area contributed by atoms with Crippen LogP contribution < -0.4 is 11.1 Å². The predicted molar refractivity (Wildman–Crippen MR) is 44.0 cm³/mol. The first-order valence-electron chi connectivity index (χ1n) is 4.22. The Hall–Kier alpha value is -0.570. The van der Waals surface area contributed by atoms with Crippen molar-refractivity contribution in [2.24, 2.45) is 11.1 Å². The lowest BCUT2D eigenvalue weighted by Crippen LogP contribution is -2.34. The molecule has 3 heteroatoms. The lowest BCUT2D eigenvalue weighted by molar-refractivity contribution is -0.122. The summed E-state index contributed by atoms with van der Waals surface area (Å²) in [4.78, 5) is 10.9. The second kappa shape index (κ2) is 3.22. The number of nitrogens with two attached hydrogens (primary N) is 1. The second-order valence-corrected chi connectivity index (χ2v) is 3.32. The summed E-state index contributed by atoms with van der Waals surface area (Å²) in [6.45, 7) is 3.86. The molecule has 1 aliphatic rings. The van der Waals surface area contributed by atoms with E-state index in [9.17, 15) is 4.79 Å². The van der Waals surface area contributed by atoms with Gasteiger partial charge in [0.1, 0.15) is 0 Å². The summed E-state index contributed by atoms with van der Waals surface area (Å²) < 4.78 is 0. The van der Waals surface area contributed by atoms with Crippen LogP contribution >= 0.6 is 0 Å². The highest BCUT2D eigenvalue weighted by atomic mass is 16.1. The van der Waals surface area contributed by atoms with E-state index in [0.717, 1.165) is 32.4 Å². The van der Waals surface area contributed by atoms with Crippen molar-refractivity contribution >= 4 is 5.91 Å². The van der Waals surface area contributed by atoms with E-state index in [0.29, 0.717) is 0 Å². The highest BCUT2D eigenvalue weighted by Crippen LogP contribution is 2.44. The molecule has 0 aromatic heterocycles. The topological polar surface area (TPSA) is 55.1 Å². The van der Waals surface area contributed by atoms with Crippen LogP contribution in [0.1, 0.15) is 26.2 Å². The highest BCUT2D eigenvalue weighted by Gasteiger charge is 2.47. The number of hydrogen-bond acceptors (Lipinski definition) is 2. The van der Waals surface area contributed by atoms with Gasteiger partial charge < -0.3 is 11.1 Å². The van der Waals surface area contributed by atoms with Gasteiger partial charge in [0, 0.05) is 6.54 Å². The standard InChI is InChI=1S/C8H16N2O/c1-2-5-10-6-8(3-4-8)7(9)11/h10H,2-6H2,1H3,(H2,9,11). The van der Waals surface area contributed by atoms with Crippen LogP contribution in [0, 0.1) is 5.41 Å². The van der Waals surface area contributed by atoms with Gasteiger partial charge in [-0.1, -0.05) is 6.92 Å². The fraction of sp³-hybridized carbons (Fsp3) is 0.875. The molecule has 0 aromatic rings. The van der Waals surface area contributed by atoms with Gasteiger partial charge in [-0.15, -0.1) is 0 Å². The molecule has 64 valence electrons. The van der Waals surface area contributed by atoms with E-state index in [1.807, 2.05) is 0 Å². The van der Waals surface area contributed by atoms with Gasteiger partial charge in [-0.05, 0) is 25.8 Å². The van der Waals surface area contributed by atoms with Gasteiger partial charge in [-0.25, -0.2) is 0 Å². The fourth-order valence-electron chi connectivity index (χ4n) is 1.17. The molecule has 1 aliphatic carbocycles. The Morgan fingerprint density at radius 3 is 2.64 bits per heavy atom. The first-order chi connectivity index (χ1) is 5.21. The lowest BCUT2D eigenvalue weighted by Gasteiger charge is -2.10. The quantitative estimate of drug-likeness (QED) is 0.561. The summed E-state index contributed by atoms with van der Waals surface area (Å²) >= 11 is 0. The average Bonchev–Trinajstić information content (AvgIpc) is 2.70. The molecule has 1 rings (SSSR count). The molecule has 0 atom stereocenters. The Morgan fingerprint density at radius 1 is 1.64 bits per heavy atom. The molecule has 0 unspecified atom stereocenters. The lowest BCUT2D eigenvalue weighted by atomic mass is 10.1. The van der Waals surface area contributed by atoms with Crippen molar-refractivity contribution in [3.05, 3.63) is 0 Å². The summed E-state index contributed by atoms with van der Waals surface area (Å²) in [6.07, 6.45) is 3.05. The maximum Gasteiger partial charge on any atom is 0.224 e. The second-order valence-electron chi connectivity index (χ2n) is 3.32. The van der Waals surface area contributed by atoms with E-state index in [2.05, 4.69) is 12.2 Å². The minimum absolute atomic E-state index is 0.138. The molecule has 0 bridgehead atoms. The van der Waals surface area contributed by atoms with Gasteiger partial charge in [0.2, 0.25) is 5.91 Å². The third-order valence-corrected chi connectivity index (χ3v) is 2.27. The van der Waals surface area contributed by atoms with E-state index < -0.39 is 0 Å². The highest BCUT2D eigenvalue weighted by molar-refractivity contribution is 5.83. The number of carbonyl (C=O) groups excluding carboxylic acids is 1. The van der Waals surface area contributed by atoms with Crippen molar-refractivity contribution in [1.82, 2.24) is 5.32 Å². The third-order valence-electron chi connectivity index (χ3n) is 2.27. The van der Waals surface area contributed by atoms with E-state index in [1.54, 1.807) is 0 Å². The van der Waals surface area contributed by atoms with Crippen molar-refractivity contribution in [1.29, 1.82) is 0 Å². The maximum atomic E-state index is 10.9. The van der Waals surface area contributed by atoms with Crippen LogP contribution in [-0.4, -0.2) is 19.0 Å². The van der Waals surface area contributed by atoms with Crippen LogP contribution in [0.5, 0.6) is 0 Å². The summed E-state index contributed by atoms with van der Waals surface area (Å²) in [7, 11) is 0. The van der Waals surface area contributed by atoms with Crippen LogP contribution in [-0.2, 0) is 4.79 Å². The molecule has 3 nitrogen and oxygen atoms in total. The Kier molecular flexibility index (Phi) is 2.49. The molecule has 1 fully saturated rings. The Balaban J connectivity index is 2.20. The first-order valence-corrected chi connectivity index (χ1v) is 4.22. The van der Waals surface area contributed by atoms with E-state index in [-0.39, 0.29) is 11.3 Å². The van der Waals surface area contributed by atoms with Gasteiger partial charge >= 0.3 is 0 Å². The van der Waals surface area contributed by atoms with Crippen molar-refractivity contribution in [3.63, 3.8) is 0 Å². The summed E-state index contributed by atoms with van der Waals surface area (Å²) in [5.41, 5.74) is 5.06. The molecule has 1 amide bonds. The molecule has 0 radical (unpaired) electrons. The minimum atomic E-state index is -0.171. The smallest absolute Gasteiger partial charge is 0.224 e. The number of hydrogen-bond donors (Lipinski definition) is 2. The molecule has 0 aromatic carbocycles. The third kappa shape index (κ3) is 1.93. The van der Waals surface area contributed by atoms with Gasteiger partial charge in [0.25, 0.3) is 0 Å². The maximum absolute atomic E-state index is 10.9. The molecular weight excluding hydrogens is 140 g/mol. The van der Waals surface area contributed by atoms with E-state index >= 15 is 0 Å². The molecule has 0 saturated heterocycles. The zero-order chi connectivity index (χ0) is 8.32. The SMILES string of the molecule is CCCNCC1(C(N)=O)CC1. The van der Waals surface area contributed by atoms with Gasteiger partial charge in [-0.3, -0.25) is 4.79 Å². The van der Waals surface area contributed by atoms with Crippen molar-refractivity contribution in [2.45, 2.75) is 26.2 Å². The summed E-state index contributed by atoms with van der Waals surface area (Å²) in [5, 5.41) is 3.22.